The van der Waals surface area contributed by atoms with E-state index in [0.717, 1.165) is 5.57 Å². The number of hydrogen-bond acceptors (Lipinski definition) is 1. The molecule has 0 saturated carbocycles. The zero-order valence-electron chi connectivity index (χ0n) is 4.73. The Bertz CT molecular complexity index is 68.5. The molecule has 0 aromatic heterocycles. The van der Waals surface area contributed by atoms with Gasteiger partial charge < -0.3 is 4.55 Å². The van der Waals surface area contributed by atoms with E-state index < -0.39 is 11.2 Å². The molecule has 0 aromatic rings. The van der Waals surface area contributed by atoms with E-state index in [-0.39, 0.29) is 0 Å². The molecule has 0 bridgehead atoms. The normalized spacial score (nSPS) is 13.6. The topological polar surface area (TPSA) is 23.1 Å². The third-order valence-corrected chi connectivity index (χ3v) is 1.35. The van der Waals surface area contributed by atoms with Gasteiger partial charge in [0.25, 0.3) is 0 Å². The molecular weight excluding hydrogens is 108 g/mol. The second-order valence-corrected chi connectivity index (χ2v) is 3.11. The molecule has 0 fully saturated rings. The molecule has 0 aliphatic rings. The lowest BCUT2D eigenvalue weighted by atomic mass is 10.4. The van der Waals surface area contributed by atoms with Gasteiger partial charge in [-0.15, -0.1) is 0 Å². The van der Waals surface area contributed by atoms with Crippen molar-refractivity contribution in [1.82, 2.24) is 0 Å². The van der Waals surface area contributed by atoms with E-state index in [9.17, 15) is 4.55 Å². The maximum absolute atomic E-state index is 10.3. The summed E-state index contributed by atoms with van der Waals surface area (Å²) in [6, 6.07) is 0. The van der Waals surface area contributed by atoms with Gasteiger partial charge in [0.15, 0.2) is 0 Å². The molecule has 42 valence electrons. The van der Waals surface area contributed by atoms with Crippen molar-refractivity contribution in [3.63, 3.8) is 0 Å². The summed E-state index contributed by atoms with van der Waals surface area (Å²) in [4.78, 5) is 0. The van der Waals surface area contributed by atoms with Gasteiger partial charge in [-0.25, -0.2) is 0 Å². The van der Waals surface area contributed by atoms with Gasteiger partial charge in [0.2, 0.25) is 0 Å². The Morgan fingerprint density at radius 3 is 2.29 bits per heavy atom. The molecule has 0 amide bonds. The Hall–Kier alpha value is 0.0500. The fourth-order valence-electron chi connectivity index (χ4n) is 0.347. The second-order valence-electron chi connectivity index (χ2n) is 1.67. The standard InChI is InChI=1S/C5H10OS/c1-5(2)4-7(3)6/h1,4H2,2-3H3. The van der Waals surface area contributed by atoms with Gasteiger partial charge >= 0.3 is 0 Å². The van der Waals surface area contributed by atoms with Crippen molar-refractivity contribution in [1.29, 1.82) is 0 Å². The highest BCUT2D eigenvalue weighted by Gasteiger charge is 1.93. The summed E-state index contributed by atoms with van der Waals surface area (Å²) in [6.07, 6.45) is 1.68. The molecule has 0 aliphatic heterocycles. The van der Waals surface area contributed by atoms with Crippen molar-refractivity contribution >= 4 is 11.2 Å². The molecule has 1 atom stereocenters. The molecule has 1 nitrogen and oxygen atoms in total. The zero-order chi connectivity index (χ0) is 5.86. The van der Waals surface area contributed by atoms with E-state index in [1.807, 2.05) is 6.92 Å². The van der Waals surface area contributed by atoms with E-state index in [1.54, 1.807) is 6.26 Å². The first kappa shape index (κ1) is 7.05. The van der Waals surface area contributed by atoms with E-state index in [1.165, 1.54) is 0 Å². The van der Waals surface area contributed by atoms with Crippen molar-refractivity contribution in [2.45, 2.75) is 6.92 Å². The summed E-state index contributed by atoms with van der Waals surface area (Å²) in [7, 11) is 0. The second kappa shape index (κ2) is 3.10. The van der Waals surface area contributed by atoms with E-state index in [2.05, 4.69) is 6.58 Å². The van der Waals surface area contributed by atoms with E-state index >= 15 is 0 Å². The fraction of sp³-hybridized carbons (Fsp3) is 0.600. The summed E-state index contributed by atoms with van der Waals surface area (Å²) >= 11 is -0.695. The van der Waals surface area contributed by atoms with Crippen molar-refractivity contribution in [3.8, 4) is 0 Å². The third-order valence-electron chi connectivity index (χ3n) is 0.450. The Labute approximate surface area is 47.6 Å². The van der Waals surface area contributed by atoms with Gasteiger partial charge in [-0.3, -0.25) is 0 Å². The summed E-state index contributed by atoms with van der Waals surface area (Å²) in [5.41, 5.74) is 0.987. The van der Waals surface area contributed by atoms with Crippen LogP contribution in [0.5, 0.6) is 0 Å². The van der Waals surface area contributed by atoms with Crippen molar-refractivity contribution in [2.75, 3.05) is 12.0 Å². The third kappa shape index (κ3) is 6.05. The smallest absolute Gasteiger partial charge is 0.125 e. The predicted molar refractivity (Wildman–Crippen MR) is 33.7 cm³/mol. The van der Waals surface area contributed by atoms with Crippen LogP contribution in [0.25, 0.3) is 0 Å². The van der Waals surface area contributed by atoms with Crippen LogP contribution in [0, 0.1) is 0 Å². The van der Waals surface area contributed by atoms with Gasteiger partial charge in [0, 0.05) is 0 Å². The Morgan fingerprint density at radius 1 is 1.86 bits per heavy atom. The lowest BCUT2D eigenvalue weighted by Crippen LogP contribution is -2.02. The summed E-state index contributed by atoms with van der Waals surface area (Å²) < 4.78 is 10.3. The van der Waals surface area contributed by atoms with Crippen LogP contribution in [-0.4, -0.2) is 16.6 Å². The van der Waals surface area contributed by atoms with Gasteiger partial charge in [-0.1, -0.05) is 17.8 Å². The Morgan fingerprint density at radius 2 is 2.29 bits per heavy atom. The summed E-state index contributed by atoms with van der Waals surface area (Å²) in [6.45, 7) is 5.48. The Balaban J connectivity index is 3.13. The molecule has 0 aromatic carbocycles. The largest absolute Gasteiger partial charge is 0.616 e. The molecule has 0 radical (unpaired) electrons. The van der Waals surface area contributed by atoms with Crippen molar-refractivity contribution in [2.24, 2.45) is 0 Å². The lowest BCUT2D eigenvalue weighted by Gasteiger charge is -2.01. The van der Waals surface area contributed by atoms with Crippen LogP contribution in [0.1, 0.15) is 6.92 Å². The molecule has 0 aliphatic carbocycles. The molecule has 0 rings (SSSR count). The van der Waals surface area contributed by atoms with Crippen LogP contribution in [0.3, 0.4) is 0 Å². The zero-order valence-corrected chi connectivity index (χ0v) is 5.55. The van der Waals surface area contributed by atoms with Crippen LogP contribution >= 0.6 is 0 Å². The first-order valence-electron chi connectivity index (χ1n) is 2.07. The maximum Gasteiger partial charge on any atom is 0.125 e. The molecule has 1 unspecified atom stereocenters. The van der Waals surface area contributed by atoms with E-state index in [0.29, 0.717) is 5.75 Å². The number of rotatable bonds is 2. The van der Waals surface area contributed by atoms with Crippen LogP contribution in [0.2, 0.25) is 0 Å². The number of hydrogen-bond donors (Lipinski definition) is 0. The van der Waals surface area contributed by atoms with Gasteiger partial charge in [0.1, 0.15) is 5.75 Å². The molecule has 0 heterocycles. The minimum atomic E-state index is -0.695. The van der Waals surface area contributed by atoms with Crippen LogP contribution in [0.4, 0.5) is 0 Å². The minimum absolute atomic E-state index is 0.639. The van der Waals surface area contributed by atoms with Crippen molar-refractivity contribution < 1.29 is 4.55 Å². The Kier molecular flexibility index (Phi) is 3.13. The molecular formula is C5H10OS. The first-order valence-corrected chi connectivity index (χ1v) is 3.80. The lowest BCUT2D eigenvalue weighted by molar-refractivity contribution is 0.603. The average molecular weight is 118 g/mol. The van der Waals surface area contributed by atoms with Gasteiger partial charge in [-0.05, 0) is 12.5 Å². The highest BCUT2D eigenvalue weighted by atomic mass is 32.2. The highest BCUT2D eigenvalue weighted by Crippen LogP contribution is 1.91. The first-order chi connectivity index (χ1) is 3.13. The summed E-state index contributed by atoms with van der Waals surface area (Å²) in [5.74, 6) is 0.639. The van der Waals surface area contributed by atoms with Crippen LogP contribution in [-0.2, 0) is 11.2 Å². The highest BCUT2D eigenvalue weighted by molar-refractivity contribution is 7.90. The average Bonchev–Trinajstić information content (AvgIpc) is 1.27. The predicted octanol–water partition coefficient (Wildman–Crippen LogP) is 0.941. The monoisotopic (exact) mass is 118 g/mol. The molecule has 0 saturated heterocycles. The molecule has 0 N–H and O–H groups in total. The SMILES string of the molecule is C=C(C)C[S+](C)[O-]. The van der Waals surface area contributed by atoms with Crippen LogP contribution < -0.4 is 0 Å². The minimum Gasteiger partial charge on any atom is -0.616 e. The molecule has 2 heteroatoms. The molecule has 0 spiro atoms. The fourth-order valence-corrected chi connectivity index (χ4v) is 1.04. The van der Waals surface area contributed by atoms with Gasteiger partial charge in [0.05, 0.1) is 6.26 Å². The maximum atomic E-state index is 10.3. The van der Waals surface area contributed by atoms with Crippen molar-refractivity contribution in [3.05, 3.63) is 12.2 Å². The van der Waals surface area contributed by atoms with Crippen LogP contribution in [0.15, 0.2) is 12.2 Å². The quantitative estimate of drug-likeness (QED) is 0.391. The van der Waals surface area contributed by atoms with Gasteiger partial charge in [-0.2, -0.15) is 0 Å². The van der Waals surface area contributed by atoms with E-state index in [4.69, 9.17) is 0 Å². The summed E-state index contributed by atoms with van der Waals surface area (Å²) in [5, 5.41) is 0. The molecule has 7 heavy (non-hydrogen) atoms.